The van der Waals surface area contributed by atoms with Crippen molar-refractivity contribution in [2.45, 2.75) is 26.4 Å². The third-order valence-corrected chi connectivity index (χ3v) is 2.90. The molecule has 0 spiro atoms. The Morgan fingerprint density at radius 2 is 2.17 bits per heavy atom. The molecule has 1 amide bonds. The van der Waals surface area contributed by atoms with Gasteiger partial charge in [0.1, 0.15) is 0 Å². The highest BCUT2D eigenvalue weighted by molar-refractivity contribution is 6.36. The molecule has 4 nitrogen and oxygen atoms in total. The number of nitrogens with two attached hydrogens (primary N) is 1. The van der Waals surface area contributed by atoms with Gasteiger partial charge in [-0.15, -0.1) is 0 Å². The molecule has 0 aliphatic rings. The predicted octanol–water partition coefficient (Wildman–Crippen LogP) is 2.47. The molecule has 0 bridgehead atoms. The van der Waals surface area contributed by atoms with Gasteiger partial charge < -0.3 is 15.8 Å². The summed E-state index contributed by atoms with van der Waals surface area (Å²) in [5, 5.41) is 3.07. The van der Waals surface area contributed by atoms with Crippen molar-refractivity contribution in [2.75, 3.05) is 18.9 Å². The van der Waals surface area contributed by atoms with Crippen molar-refractivity contribution in [1.82, 2.24) is 5.32 Å². The SMILES string of the molecule is CCOC(C)(C)CNC(=O)c1cccc(N)c1Cl. The van der Waals surface area contributed by atoms with Gasteiger partial charge in [0.2, 0.25) is 0 Å². The lowest BCUT2D eigenvalue weighted by molar-refractivity contribution is -0.00815. The summed E-state index contributed by atoms with van der Waals surface area (Å²) in [6.45, 7) is 6.75. The lowest BCUT2D eigenvalue weighted by atomic mass is 10.1. The fourth-order valence-electron chi connectivity index (χ4n) is 1.56. The first-order valence-electron chi connectivity index (χ1n) is 5.83. The minimum atomic E-state index is -0.406. The Labute approximate surface area is 112 Å². The summed E-state index contributed by atoms with van der Waals surface area (Å²) in [7, 11) is 0. The van der Waals surface area contributed by atoms with Gasteiger partial charge in [0.15, 0.2) is 0 Å². The van der Waals surface area contributed by atoms with Gasteiger partial charge in [-0.3, -0.25) is 4.79 Å². The molecule has 0 aliphatic carbocycles. The van der Waals surface area contributed by atoms with E-state index in [-0.39, 0.29) is 10.9 Å². The number of benzene rings is 1. The molecule has 1 aromatic carbocycles. The second kappa shape index (κ2) is 6.07. The summed E-state index contributed by atoms with van der Waals surface area (Å²) in [6.07, 6.45) is 0. The number of rotatable bonds is 5. The van der Waals surface area contributed by atoms with Crippen LogP contribution in [0, 0.1) is 0 Å². The van der Waals surface area contributed by atoms with Crippen LogP contribution in [-0.2, 0) is 4.74 Å². The number of carbonyl (C=O) groups is 1. The zero-order chi connectivity index (χ0) is 13.8. The van der Waals surface area contributed by atoms with Crippen molar-refractivity contribution in [3.05, 3.63) is 28.8 Å². The highest BCUT2D eigenvalue weighted by atomic mass is 35.5. The van der Waals surface area contributed by atoms with Crippen LogP contribution in [0.15, 0.2) is 18.2 Å². The maximum absolute atomic E-state index is 12.0. The van der Waals surface area contributed by atoms with Crippen molar-refractivity contribution in [1.29, 1.82) is 0 Å². The minimum Gasteiger partial charge on any atom is -0.398 e. The zero-order valence-electron chi connectivity index (χ0n) is 10.9. The zero-order valence-corrected chi connectivity index (χ0v) is 11.7. The molecule has 0 atom stereocenters. The van der Waals surface area contributed by atoms with Gasteiger partial charge in [0.05, 0.1) is 21.9 Å². The standard InChI is InChI=1S/C13H19ClN2O2/c1-4-18-13(2,3)8-16-12(17)9-6-5-7-10(15)11(9)14/h5-7H,4,8,15H2,1-3H3,(H,16,17). The van der Waals surface area contributed by atoms with Gasteiger partial charge in [-0.05, 0) is 32.9 Å². The smallest absolute Gasteiger partial charge is 0.252 e. The number of ether oxygens (including phenoxy) is 1. The fourth-order valence-corrected chi connectivity index (χ4v) is 1.77. The number of carbonyl (C=O) groups excluding carboxylic acids is 1. The average molecular weight is 271 g/mol. The van der Waals surface area contributed by atoms with E-state index in [9.17, 15) is 4.79 Å². The second-order valence-electron chi connectivity index (χ2n) is 4.58. The van der Waals surface area contributed by atoms with Crippen LogP contribution >= 0.6 is 11.6 Å². The number of halogens is 1. The number of amides is 1. The Kier molecular flexibility index (Phi) is 4.99. The summed E-state index contributed by atoms with van der Waals surface area (Å²) < 4.78 is 5.50. The maximum atomic E-state index is 12.0. The van der Waals surface area contributed by atoms with Crippen molar-refractivity contribution < 1.29 is 9.53 Å². The average Bonchev–Trinajstić information content (AvgIpc) is 2.30. The van der Waals surface area contributed by atoms with E-state index in [1.165, 1.54) is 0 Å². The fraction of sp³-hybridized carbons (Fsp3) is 0.462. The summed E-state index contributed by atoms with van der Waals surface area (Å²) in [4.78, 5) is 12.0. The van der Waals surface area contributed by atoms with E-state index in [0.717, 1.165) is 0 Å². The number of anilines is 1. The molecule has 100 valence electrons. The molecule has 0 saturated heterocycles. The summed E-state index contributed by atoms with van der Waals surface area (Å²) in [5.74, 6) is -0.250. The molecule has 0 aromatic heterocycles. The van der Waals surface area contributed by atoms with Crippen LogP contribution in [0.5, 0.6) is 0 Å². The van der Waals surface area contributed by atoms with E-state index in [0.29, 0.717) is 24.4 Å². The first-order chi connectivity index (χ1) is 8.37. The Bertz CT molecular complexity index is 433. The molecule has 0 saturated carbocycles. The molecular formula is C13H19ClN2O2. The van der Waals surface area contributed by atoms with Gasteiger partial charge in [-0.2, -0.15) is 0 Å². The lowest BCUT2D eigenvalue weighted by Gasteiger charge is -2.25. The highest BCUT2D eigenvalue weighted by Crippen LogP contribution is 2.22. The normalized spacial score (nSPS) is 11.3. The van der Waals surface area contributed by atoms with E-state index in [1.807, 2.05) is 20.8 Å². The van der Waals surface area contributed by atoms with E-state index >= 15 is 0 Å². The van der Waals surface area contributed by atoms with Crippen LogP contribution in [-0.4, -0.2) is 24.7 Å². The third kappa shape index (κ3) is 3.89. The Morgan fingerprint density at radius 3 is 2.78 bits per heavy atom. The van der Waals surface area contributed by atoms with E-state index in [1.54, 1.807) is 18.2 Å². The molecule has 0 radical (unpaired) electrons. The van der Waals surface area contributed by atoms with Gasteiger partial charge in [0, 0.05) is 13.2 Å². The summed E-state index contributed by atoms with van der Waals surface area (Å²) in [5.41, 5.74) is 6.02. The van der Waals surface area contributed by atoms with Crippen LogP contribution in [0.1, 0.15) is 31.1 Å². The van der Waals surface area contributed by atoms with E-state index in [2.05, 4.69) is 5.32 Å². The van der Waals surface area contributed by atoms with E-state index in [4.69, 9.17) is 22.1 Å². The van der Waals surface area contributed by atoms with Crippen molar-refractivity contribution in [2.24, 2.45) is 0 Å². The molecule has 3 N–H and O–H groups in total. The van der Waals surface area contributed by atoms with E-state index < -0.39 is 5.60 Å². The van der Waals surface area contributed by atoms with Crippen LogP contribution in [0.3, 0.4) is 0 Å². The second-order valence-corrected chi connectivity index (χ2v) is 4.96. The van der Waals surface area contributed by atoms with Crippen LogP contribution in [0.25, 0.3) is 0 Å². The van der Waals surface area contributed by atoms with Crippen LogP contribution in [0.4, 0.5) is 5.69 Å². The Morgan fingerprint density at radius 1 is 1.50 bits per heavy atom. The molecule has 0 unspecified atom stereocenters. The Balaban J connectivity index is 2.69. The van der Waals surface area contributed by atoms with Crippen LogP contribution < -0.4 is 11.1 Å². The topological polar surface area (TPSA) is 64.3 Å². The largest absolute Gasteiger partial charge is 0.398 e. The molecule has 18 heavy (non-hydrogen) atoms. The molecular weight excluding hydrogens is 252 g/mol. The lowest BCUT2D eigenvalue weighted by Crippen LogP contribution is -2.40. The highest BCUT2D eigenvalue weighted by Gasteiger charge is 2.20. The molecule has 0 fully saturated rings. The third-order valence-electron chi connectivity index (χ3n) is 2.48. The Hall–Kier alpha value is -1.26. The molecule has 1 aromatic rings. The van der Waals surface area contributed by atoms with Gasteiger partial charge in [-0.25, -0.2) is 0 Å². The van der Waals surface area contributed by atoms with Gasteiger partial charge in [-0.1, -0.05) is 17.7 Å². The molecule has 5 heteroatoms. The number of nitrogen functional groups attached to an aromatic ring is 1. The maximum Gasteiger partial charge on any atom is 0.252 e. The number of hydrogen-bond acceptors (Lipinski definition) is 3. The first-order valence-corrected chi connectivity index (χ1v) is 6.21. The minimum absolute atomic E-state index is 0.250. The molecule has 1 rings (SSSR count). The number of hydrogen-bond donors (Lipinski definition) is 2. The monoisotopic (exact) mass is 270 g/mol. The quantitative estimate of drug-likeness (QED) is 0.808. The van der Waals surface area contributed by atoms with Gasteiger partial charge >= 0.3 is 0 Å². The first kappa shape index (κ1) is 14.8. The van der Waals surface area contributed by atoms with Crippen molar-refractivity contribution in [3.63, 3.8) is 0 Å². The molecule has 0 heterocycles. The van der Waals surface area contributed by atoms with Gasteiger partial charge in [0.25, 0.3) is 5.91 Å². The number of nitrogens with one attached hydrogen (secondary N) is 1. The van der Waals surface area contributed by atoms with Crippen LogP contribution in [0.2, 0.25) is 5.02 Å². The predicted molar refractivity (Wildman–Crippen MR) is 73.9 cm³/mol. The molecule has 0 aliphatic heterocycles. The van der Waals surface area contributed by atoms with Crippen molar-refractivity contribution >= 4 is 23.2 Å². The summed E-state index contributed by atoms with van der Waals surface area (Å²) >= 11 is 5.98. The summed E-state index contributed by atoms with van der Waals surface area (Å²) in [6, 6.07) is 4.99. The van der Waals surface area contributed by atoms with Crippen molar-refractivity contribution in [3.8, 4) is 0 Å².